The highest BCUT2D eigenvalue weighted by Crippen LogP contribution is 2.28. The molecule has 1 aromatic carbocycles. The Morgan fingerprint density at radius 1 is 1.22 bits per heavy atom. The van der Waals surface area contributed by atoms with Gasteiger partial charge in [0, 0.05) is 6.54 Å². The molecule has 23 heavy (non-hydrogen) atoms. The van der Waals surface area contributed by atoms with Gasteiger partial charge in [0.25, 0.3) is 5.89 Å². The van der Waals surface area contributed by atoms with E-state index in [9.17, 15) is 4.39 Å². The first-order valence-corrected chi connectivity index (χ1v) is 7.62. The van der Waals surface area contributed by atoms with Crippen LogP contribution in [0.25, 0.3) is 11.7 Å². The number of furan rings is 1. The van der Waals surface area contributed by atoms with Crippen LogP contribution in [-0.2, 0) is 6.54 Å². The van der Waals surface area contributed by atoms with Crippen molar-refractivity contribution in [2.24, 2.45) is 0 Å². The lowest BCUT2D eigenvalue weighted by atomic mass is 9.98. The van der Waals surface area contributed by atoms with E-state index >= 15 is 0 Å². The number of hydrogen-bond acceptors (Lipinski definition) is 5. The van der Waals surface area contributed by atoms with E-state index in [0.29, 0.717) is 30.0 Å². The van der Waals surface area contributed by atoms with Crippen LogP contribution in [0.3, 0.4) is 0 Å². The minimum Gasteiger partial charge on any atom is -0.459 e. The van der Waals surface area contributed by atoms with E-state index in [0.717, 1.165) is 25.1 Å². The summed E-state index contributed by atoms with van der Waals surface area (Å²) >= 11 is 0. The van der Waals surface area contributed by atoms with Crippen LogP contribution in [0.4, 0.5) is 4.39 Å². The highest BCUT2D eigenvalue weighted by molar-refractivity contribution is 5.42. The molecule has 0 amide bonds. The Balaban J connectivity index is 1.41. The van der Waals surface area contributed by atoms with Crippen LogP contribution in [0, 0.1) is 5.82 Å². The third kappa shape index (κ3) is 3.03. The van der Waals surface area contributed by atoms with Gasteiger partial charge in [-0.25, -0.2) is 4.39 Å². The molecule has 6 heteroatoms. The SMILES string of the molecule is Fc1cccc([C@@H]2CCN(Cc3nnc(-c4ccco4)o3)C2)c1. The van der Waals surface area contributed by atoms with Crippen LogP contribution < -0.4 is 0 Å². The lowest BCUT2D eigenvalue weighted by molar-refractivity contribution is 0.288. The van der Waals surface area contributed by atoms with Crippen LogP contribution in [0.2, 0.25) is 0 Å². The molecule has 4 rings (SSSR count). The second-order valence-corrected chi connectivity index (χ2v) is 5.75. The highest BCUT2D eigenvalue weighted by Gasteiger charge is 2.25. The Labute approximate surface area is 132 Å². The van der Waals surface area contributed by atoms with Gasteiger partial charge in [-0.15, -0.1) is 10.2 Å². The van der Waals surface area contributed by atoms with Gasteiger partial charge in [0.2, 0.25) is 5.89 Å². The van der Waals surface area contributed by atoms with Gasteiger partial charge in [-0.05, 0) is 48.7 Å². The Bertz CT molecular complexity index is 785. The van der Waals surface area contributed by atoms with E-state index in [4.69, 9.17) is 8.83 Å². The molecule has 0 N–H and O–H groups in total. The zero-order valence-electron chi connectivity index (χ0n) is 12.5. The largest absolute Gasteiger partial charge is 0.459 e. The van der Waals surface area contributed by atoms with Crippen LogP contribution in [-0.4, -0.2) is 28.2 Å². The highest BCUT2D eigenvalue weighted by atomic mass is 19.1. The van der Waals surface area contributed by atoms with Crippen LogP contribution in [0.15, 0.2) is 51.5 Å². The Hall–Kier alpha value is -2.47. The first kappa shape index (κ1) is 14.1. The summed E-state index contributed by atoms with van der Waals surface area (Å²) < 4.78 is 24.2. The fourth-order valence-corrected chi connectivity index (χ4v) is 3.02. The molecule has 2 aromatic heterocycles. The molecule has 5 nitrogen and oxygen atoms in total. The van der Waals surface area contributed by atoms with Crippen molar-refractivity contribution < 1.29 is 13.2 Å². The average Bonchev–Trinajstić information content (AvgIpc) is 3.29. The summed E-state index contributed by atoms with van der Waals surface area (Å²) in [6.45, 7) is 2.39. The molecule has 3 aromatic rings. The smallest absolute Gasteiger partial charge is 0.283 e. The monoisotopic (exact) mass is 313 g/mol. The quantitative estimate of drug-likeness (QED) is 0.738. The average molecular weight is 313 g/mol. The summed E-state index contributed by atoms with van der Waals surface area (Å²) in [5, 5.41) is 8.07. The van der Waals surface area contributed by atoms with E-state index in [1.807, 2.05) is 6.07 Å². The second kappa shape index (κ2) is 5.96. The third-order valence-electron chi connectivity index (χ3n) is 4.15. The molecule has 0 radical (unpaired) electrons. The molecule has 1 atom stereocenters. The Morgan fingerprint density at radius 2 is 2.17 bits per heavy atom. The summed E-state index contributed by atoms with van der Waals surface area (Å²) in [5.41, 5.74) is 1.05. The van der Waals surface area contributed by atoms with E-state index in [1.165, 1.54) is 6.07 Å². The second-order valence-electron chi connectivity index (χ2n) is 5.75. The van der Waals surface area contributed by atoms with Gasteiger partial charge in [-0.1, -0.05) is 12.1 Å². The van der Waals surface area contributed by atoms with Crippen molar-refractivity contribution in [2.45, 2.75) is 18.9 Å². The number of halogens is 1. The van der Waals surface area contributed by atoms with Gasteiger partial charge in [-0.2, -0.15) is 0 Å². The fourth-order valence-electron chi connectivity index (χ4n) is 3.02. The van der Waals surface area contributed by atoms with Gasteiger partial charge >= 0.3 is 0 Å². The number of aromatic nitrogens is 2. The summed E-state index contributed by atoms with van der Waals surface area (Å²) in [4.78, 5) is 2.25. The molecule has 0 saturated carbocycles. The Kier molecular flexibility index (Phi) is 3.67. The molecule has 118 valence electrons. The maximum absolute atomic E-state index is 13.3. The molecule has 0 bridgehead atoms. The predicted octanol–water partition coefficient (Wildman–Crippen LogP) is 3.46. The van der Waals surface area contributed by atoms with Crippen molar-refractivity contribution in [3.8, 4) is 11.7 Å². The normalized spacial score (nSPS) is 18.6. The molecule has 1 aliphatic rings. The van der Waals surface area contributed by atoms with Gasteiger partial charge in [0.05, 0.1) is 12.8 Å². The maximum atomic E-state index is 13.3. The number of rotatable bonds is 4. The topological polar surface area (TPSA) is 55.3 Å². The maximum Gasteiger partial charge on any atom is 0.283 e. The first-order valence-electron chi connectivity index (χ1n) is 7.62. The zero-order valence-corrected chi connectivity index (χ0v) is 12.5. The minimum atomic E-state index is -0.180. The molecule has 0 aliphatic carbocycles. The van der Waals surface area contributed by atoms with Gasteiger partial charge in [0.1, 0.15) is 5.82 Å². The molecule has 3 heterocycles. The molecule has 1 fully saturated rings. The van der Waals surface area contributed by atoms with Crippen LogP contribution in [0.1, 0.15) is 23.8 Å². The van der Waals surface area contributed by atoms with Crippen LogP contribution >= 0.6 is 0 Å². The third-order valence-corrected chi connectivity index (χ3v) is 4.15. The first-order chi connectivity index (χ1) is 11.3. The number of nitrogens with zero attached hydrogens (tertiary/aromatic N) is 3. The molecule has 1 aliphatic heterocycles. The minimum absolute atomic E-state index is 0.180. The number of benzene rings is 1. The van der Waals surface area contributed by atoms with Gasteiger partial charge < -0.3 is 8.83 Å². The zero-order chi connectivity index (χ0) is 15.6. The van der Waals surface area contributed by atoms with Crippen LogP contribution in [0.5, 0.6) is 0 Å². The summed E-state index contributed by atoms with van der Waals surface area (Å²) in [5.74, 6) is 1.70. The van der Waals surface area contributed by atoms with Crippen molar-refractivity contribution in [3.05, 3.63) is 59.9 Å². The summed E-state index contributed by atoms with van der Waals surface area (Å²) in [7, 11) is 0. The fraction of sp³-hybridized carbons (Fsp3) is 0.294. The van der Waals surface area contributed by atoms with E-state index in [1.54, 1.807) is 30.5 Å². The van der Waals surface area contributed by atoms with E-state index in [2.05, 4.69) is 15.1 Å². The van der Waals surface area contributed by atoms with Crippen molar-refractivity contribution in [3.63, 3.8) is 0 Å². The van der Waals surface area contributed by atoms with Crippen molar-refractivity contribution >= 4 is 0 Å². The van der Waals surface area contributed by atoms with Crippen molar-refractivity contribution in [1.29, 1.82) is 0 Å². The molecular formula is C17H16FN3O2. The number of hydrogen-bond donors (Lipinski definition) is 0. The van der Waals surface area contributed by atoms with Gasteiger partial charge in [0.15, 0.2) is 5.76 Å². The standard InChI is InChI=1S/C17H16FN3O2/c18-14-4-1-3-12(9-14)13-6-7-21(10-13)11-16-19-20-17(23-16)15-5-2-8-22-15/h1-5,8-9,13H,6-7,10-11H2/t13-/m1/s1. The van der Waals surface area contributed by atoms with E-state index in [-0.39, 0.29) is 5.82 Å². The number of likely N-dealkylation sites (tertiary alicyclic amines) is 1. The predicted molar refractivity (Wildman–Crippen MR) is 81.0 cm³/mol. The summed E-state index contributed by atoms with van der Waals surface area (Å²) in [6, 6.07) is 10.4. The lowest BCUT2D eigenvalue weighted by Crippen LogP contribution is -2.20. The molecule has 0 spiro atoms. The van der Waals surface area contributed by atoms with Crippen molar-refractivity contribution in [2.75, 3.05) is 13.1 Å². The Morgan fingerprint density at radius 3 is 3.00 bits per heavy atom. The molecular weight excluding hydrogens is 297 g/mol. The molecule has 0 unspecified atom stereocenters. The lowest BCUT2D eigenvalue weighted by Gasteiger charge is -2.13. The summed E-state index contributed by atoms with van der Waals surface area (Å²) in [6.07, 6.45) is 2.58. The van der Waals surface area contributed by atoms with Gasteiger partial charge in [-0.3, -0.25) is 4.90 Å². The van der Waals surface area contributed by atoms with E-state index < -0.39 is 0 Å². The molecule has 1 saturated heterocycles. The van der Waals surface area contributed by atoms with Crippen molar-refractivity contribution in [1.82, 2.24) is 15.1 Å².